The number of ether oxygens (including phenoxy) is 1. The molecule has 0 unspecified atom stereocenters. The Morgan fingerprint density at radius 1 is 1.58 bits per heavy atom. The first kappa shape index (κ1) is 9.44. The van der Waals surface area contributed by atoms with Crippen LogP contribution in [-0.2, 0) is 0 Å². The summed E-state index contributed by atoms with van der Waals surface area (Å²) in [5, 5.41) is 0. The Morgan fingerprint density at radius 3 is 2.75 bits per heavy atom. The molecule has 0 aliphatic heterocycles. The molecule has 12 heavy (non-hydrogen) atoms. The lowest BCUT2D eigenvalue weighted by Crippen LogP contribution is -1.95. The summed E-state index contributed by atoms with van der Waals surface area (Å²) in [7, 11) is 1.38. The molecule has 4 heteroatoms. The fourth-order valence-corrected chi connectivity index (χ4v) is 1.37. The molecule has 1 aromatic carbocycles. The molecule has 0 saturated heterocycles. The molecule has 0 aliphatic carbocycles. The van der Waals surface area contributed by atoms with E-state index in [1.807, 2.05) is 0 Å². The van der Waals surface area contributed by atoms with Crippen molar-refractivity contribution in [1.82, 2.24) is 0 Å². The van der Waals surface area contributed by atoms with Gasteiger partial charge in [-0.25, -0.2) is 4.39 Å². The number of carbonyl (C=O) groups is 1. The maximum Gasteiger partial charge on any atom is 0.179 e. The summed E-state index contributed by atoms with van der Waals surface area (Å²) in [6, 6.07) is 2.96. The van der Waals surface area contributed by atoms with Gasteiger partial charge in [0.05, 0.1) is 10.7 Å². The molecule has 2 nitrogen and oxygen atoms in total. The number of aldehydes is 1. The zero-order chi connectivity index (χ0) is 9.14. The second-order valence-corrected chi connectivity index (χ2v) is 3.18. The maximum atomic E-state index is 13.2. The van der Waals surface area contributed by atoms with Gasteiger partial charge in [0.1, 0.15) is 0 Å². The zero-order valence-electron chi connectivity index (χ0n) is 6.30. The van der Waals surface area contributed by atoms with Gasteiger partial charge in [-0.05, 0) is 34.7 Å². The number of hydrogen-bond acceptors (Lipinski definition) is 2. The van der Waals surface area contributed by atoms with Gasteiger partial charge in [-0.3, -0.25) is 4.79 Å². The van der Waals surface area contributed by atoms with Crippen LogP contribution in [0.4, 0.5) is 4.39 Å². The Hall–Kier alpha value is -0.650. The largest absolute Gasteiger partial charge is 0.494 e. The van der Waals surface area contributed by atoms with Crippen LogP contribution < -0.4 is 4.74 Å². The van der Waals surface area contributed by atoms with Crippen molar-refractivity contribution < 1.29 is 13.9 Å². The van der Waals surface area contributed by atoms with E-state index in [1.54, 1.807) is 22.6 Å². The summed E-state index contributed by atoms with van der Waals surface area (Å²) >= 11 is 1.77. The van der Waals surface area contributed by atoms with Crippen LogP contribution in [0.3, 0.4) is 0 Å². The maximum absolute atomic E-state index is 13.2. The fraction of sp³-hybridized carbons (Fsp3) is 0.125. The number of halogens is 2. The summed E-state index contributed by atoms with van der Waals surface area (Å²) in [6.07, 6.45) is 0.615. The second kappa shape index (κ2) is 3.84. The molecule has 0 amide bonds. The van der Waals surface area contributed by atoms with Crippen molar-refractivity contribution in [2.24, 2.45) is 0 Å². The number of carbonyl (C=O) groups excluding carboxylic acids is 1. The minimum atomic E-state index is -0.484. The zero-order valence-corrected chi connectivity index (χ0v) is 8.46. The lowest BCUT2D eigenvalue weighted by atomic mass is 10.2. The topological polar surface area (TPSA) is 26.3 Å². The molecule has 0 aromatic heterocycles. The van der Waals surface area contributed by atoms with Gasteiger partial charge in [0.15, 0.2) is 17.9 Å². The Bertz CT molecular complexity index is 312. The van der Waals surface area contributed by atoms with E-state index >= 15 is 0 Å². The highest BCUT2D eigenvalue weighted by Gasteiger charge is 2.10. The molecular formula is C8H6FIO2. The van der Waals surface area contributed by atoms with E-state index in [0.717, 1.165) is 0 Å². The van der Waals surface area contributed by atoms with Crippen LogP contribution in [0.5, 0.6) is 5.75 Å². The van der Waals surface area contributed by atoms with Crippen molar-refractivity contribution in [2.75, 3.05) is 7.11 Å². The molecule has 0 fully saturated rings. The smallest absolute Gasteiger partial charge is 0.179 e. The third-order valence-electron chi connectivity index (χ3n) is 1.42. The van der Waals surface area contributed by atoms with Crippen LogP contribution in [0.2, 0.25) is 0 Å². The highest BCUT2D eigenvalue weighted by molar-refractivity contribution is 14.1. The molecule has 0 saturated carbocycles. The number of benzene rings is 1. The van der Waals surface area contributed by atoms with E-state index in [0.29, 0.717) is 15.4 Å². The quantitative estimate of drug-likeness (QED) is 0.613. The summed E-state index contributed by atoms with van der Waals surface area (Å²) in [5.41, 5.74) is 0.342. The van der Waals surface area contributed by atoms with E-state index in [9.17, 15) is 9.18 Å². The molecule has 0 aliphatic rings. The average molecular weight is 280 g/mol. The lowest BCUT2D eigenvalue weighted by molar-refractivity contribution is 0.112. The minimum absolute atomic E-state index is 0.157. The number of rotatable bonds is 2. The molecule has 0 spiro atoms. The van der Waals surface area contributed by atoms with Gasteiger partial charge in [0.25, 0.3) is 0 Å². The Morgan fingerprint density at radius 2 is 2.25 bits per heavy atom. The first-order chi connectivity index (χ1) is 5.70. The third kappa shape index (κ3) is 1.57. The van der Waals surface area contributed by atoms with Crippen molar-refractivity contribution in [3.63, 3.8) is 0 Å². The molecule has 0 atom stereocenters. The summed E-state index contributed by atoms with van der Waals surface area (Å²) in [4.78, 5) is 10.4. The average Bonchev–Trinajstić information content (AvgIpc) is 2.10. The van der Waals surface area contributed by atoms with E-state index in [2.05, 4.69) is 0 Å². The lowest BCUT2D eigenvalue weighted by Gasteiger charge is -2.03. The molecule has 0 radical (unpaired) electrons. The van der Waals surface area contributed by atoms with Gasteiger partial charge >= 0.3 is 0 Å². The van der Waals surface area contributed by atoms with Gasteiger partial charge in [-0.2, -0.15) is 0 Å². The van der Waals surface area contributed by atoms with Gasteiger partial charge in [-0.1, -0.05) is 0 Å². The standard InChI is InChI=1S/C8H6FIO2/c1-12-6-3-2-5(4-11)8(10)7(6)9/h2-4H,1H3. The van der Waals surface area contributed by atoms with E-state index < -0.39 is 5.82 Å². The summed E-state index contributed by atoms with van der Waals surface area (Å²) in [6.45, 7) is 0. The molecule has 1 aromatic rings. The molecule has 0 bridgehead atoms. The minimum Gasteiger partial charge on any atom is -0.494 e. The van der Waals surface area contributed by atoms with Gasteiger partial charge < -0.3 is 4.74 Å². The molecule has 1 rings (SSSR count). The third-order valence-corrected chi connectivity index (χ3v) is 2.52. The summed E-state index contributed by atoms with van der Waals surface area (Å²) in [5.74, 6) is -0.326. The number of hydrogen-bond donors (Lipinski definition) is 0. The molecule has 64 valence electrons. The molecule has 0 heterocycles. The molecule has 0 N–H and O–H groups in total. The van der Waals surface area contributed by atoms with Crippen LogP contribution in [0.1, 0.15) is 10.4 Å². The van der Waals surface area contributed by atoms with Crippen molar-refractivity contribution in [2.45, 2.75) is 0 Å². The van der Waals surface area contributed by atoms with Crippen molar-refractivity contribution in [3.05, 3.63) is 27.1 Å². The Kier molecular flexibility index (Phi) is 3.02. The van der Waals surface area contributed by atoms with Crippen LogP contribution in [-0.4, -0.2) is 13.4 Å². The molecular weight excluding hydrogens is 274 g/mol. The van der Waals surface area contributed by atoms with Gasteiger partial charge in [0, 0.05) is 5.56 Å². The monoisotopic (exact) mass is 280 g/mol. The van der Waals surface area contributed by atoms with E-state index in [4.69, 9.17) is 4.74 Å². The van der Waals surface area contributed by atoms with E-state index in [1.165, 1.54) is 19.2 Å². The van der Waals surface area contributed by atoms with Crippen LogP contribution in [0.15, 0.2) is 12.1 Å². The first-order valence-corrected chi connectivity index (χ1v) is 4.25. The van der Waals surface area contributed by atoms with Crippen LogP contribution in [0, 0.1) is 9.39 Å². The Balaban J connectivity index is 3.29. The SMILES string of the molecule is COc1ccc(C=O)c(I)c1F. The van der Waals surface area contributed by atoms with E-state index in [-0.39, 0.29) is 5.75 Å². The van der Waals surface area contributed by atoms with Crippen LogP contribution in [0.25, 0.3) is 0 Å². The van der Waals surface area contributed by atoms with Crippen molar-refractivity contribution >= 4 is 28.9 Å². The van der Waals surface area contributed by atoms with Crippen molar-refractivity contribution in [1.29, 1.82) is 0 Å². The first-order valence-electron chi connectivity index (χ1n) is 3.18. The fourth-order valence-electron chi connectivity index (χ4n) is 0.795. The normalized spacial score (nSPS) is 9.58. The second-order valence-electron chi connectivity index (χ2n) is 2.10. The highest BCUT2D eigenvalue weighted by atomic mass is 127. The summed E-state index contributed by atoms with van der Waals surface area (Å²) < 4.78 is 18.2. The Labute approximate surface area is 82.9 Å². The van der Waals surface area contributed by atoms with Gasteiger partial charge in [-0.15, -0.1) is 0 Å². The van der Waals surface area contributed by atoms with Crippen molar-refractivity contribution in [3.8, 4) is 5.75 Å². The predicted octanol–water partition coefficient (Wildman–Crippen LogP) is 2.25. The van der Waals surface area contributed by atoms with Gasteiger partial charge in [0.2, 0.25) is 0 Å². The number of methoxy groups -OCH3 is 1. The highest BCUT2D eigenvalue weighted by Crippen LogP contribution is 2.23. The predicted molar refractivity (Wildman–Crippen MR) is 51.1 cm³/mol. The van der Waals surface area contributed by atoms with Crippen LogP contribution >= 0.6 is 22.6 Å².